The highest BCUT2D eigenvalue weighted by molar-refractivity contribution is 7.16. The van der Waals surface area contributed by atoms with Crippen molar-refractivity contribution in [2.24, 2.45) is 0 Å². The van der Waals surface area contributed by atoms with Crippen LogP contribution >= 0.6 is 34.5 Å². The van der Waals surface area contributed by atoms with Crippen molar-refractivity contribution in [3.63, 3.8) is 0 Å². The van der Waals surface area contributed by atoms with Crippen LogP contribution in [0.15, 0.2) is 36.4 Å². The van der Waals surface area contributed by atoms with E-state index in [1.54, 1.807) is 6.92 Å². The van der Waals surface area contributed by atoms with Crippen LogP contribution in [0.2, 0.25) is 10.0 Å². The van der Waals surface area contributed by atoms with Gasteiger partial charge in [0.1, 0.15) is 10.8 Å². The zero-order valence-electron chi connectivity index (χ0n) is 16.6. The number of aromatic hydroxyl groups is 1. The van der Waals surface area contributed by atoms with Crippen LogP contribution in [0.5, 0.6) is 11.5 Å². The van der Waals surface area contributed by atoms with Crippen molar-refractivity contribution >= 4 is 51.4 Å². The summed E-state index contributed by atoms with van der Waals surface area (Å²) in [5, 5.41) is 14.9. The van der Waals surface area contributed by atoms with Gasteiger partial charge in [-0.05, 0) is 25.1 Å². The molecule has 0 aliphatic carbocycles. The van der Waals surface area contributed by atoms with Gasteiger partial charge in [-0.15, -0.1) is 24.5 Å². The minimum Gasteiger partial charge on any atom is -0.505 e. The van der Waals surface area contributed by atoms with Gasteiger partial charge in [0, 0.05) is 17.7 Å². The minimum atomic E-state index is -4.89. The zero-order valence-corrected chi connectivity index (χ0v) is 18.9. The first-order valence-electron chi connectivity index (χ1n) is 9.03. The second kappa shape index (κ2) is 9.86. The molecular weight excluding hydrogens is 506 g/mol. The predicted octanol–water partition coefficient (Wildman–Crippen LogP) is 5.54. The number of aryl methyl sites for hydroxylation is 1. The monoisotopic (exact) mass is 519 g/mol. The van der Waals surface area contributed by atoms with Gasteiger partial charge in [-0.1, -0.05) is 41.4 Å². The Labute approximate surface area is 199 Å². The number of anilines is 1. The molecule has 3 aromatic rings. The summed E-state index contributed by atoms with van der Waals surface area (Å²) in [5.41, 5.74) is -0.0106. The van der Waals surface area contributed by atoms with Crippen LogP contribution in [0.1, 0.15) is 31.4 Å². The van der Waals surface area contributed by atoms with E-state index in [0.29, 0.717) is 5.01 Å². The maximum Gasteiger partial charge on any atom is 0.573 e. The van der Waals surface area contributed by atoms with E-state index in [0.717, 1.165) is 17.4 Å². The standard InChI is InChI=1S/C20H14Cl2F3N3O4S/c1-9-27-15(18(31)26-8-10-4-2-3-5-14(10)32-20(23,24)25)19(33-9)28-17(30)11-6-12(21)16(29)13(22)7-11/h2-7,29H,8H2,1H3,(H,26,31)(H,28,30). The van der Waals surface area contributed by atoms with Crippen LogP contribution in [0.4, 0.5) is 18.2 Å². The maximum atomic E-state index is 12.7. The summed E-state index contributed by atoms with van der Waals surface area (Å²) in [4.78, 5) is 29.3. The number of nitrogens with zero attached hydrogens (tertiary/aromatic N) is 1. The normalized spacial score (nSPS) is 11.2. The molecule has 3 rings (SSSR count). The van der Waals surface area contributed by atoms with E-state index in [4.69, 9.17) is 23.2 Å². The number of halogens is 5. The maximum absolute atomic E-state index is 12.7. The lowest BCUT2D eigenvalue weighted by Gasteiger charge is -2.13. The molecule has 0 unspecified atom stereocenters. The number of alkyl halides is 3. The second-order valence-corrected chi connectivity index (χ2v) is 8.51. The van der Waals surface area contributed by atoms with Gasteiger partial charge in [0.05, 0.1) is 15.1 Å². The third-order valence-corrected chi connectivity index (χ3v) is 5.56. The van der Waals surface area contributed by atoms with Crippen LogP contribution in [0.25, 0.3) is 0 Å². The Morgan fingerprint density at radius 1 is 1.15 bits per heavy atom. The lowest BCUT2D eigenvalue weighted by atomic mass is 10.2. The molecule has 0 fully saturated rings. The molecule has 0 atom stereocenters. The largest absolute Gasteiger partial charge is 0.573 e. The molecule has 0 spiro atoms. The number of aromatic nitrogens is 1. The molecule has 3 N–H and O–H groups in total. The van der Waals surface area contributed by atoms with Crippen LogP contribution in [0, 0.1) is 6.92 Å². The molecule has 0 radical (unpaired) electrons. The number of para-hydroxylation sites is 1. The molecule has 13 heteroatoms. The lowest BCUT2D eigenvalue weighted by molar-refractivity contribution is -0.274. The molecule has 7 nitrogen and oxygen atoms in total. The van der Waals surface area contributed by atoms with Crippen molar-refractivity contribution in [3.05, 3.63) is 68.3 Å². The highest BCUT2D eigenvalue weighted by atomic mass is 35.5. The summed E-state index contributed by atoms with van der Waals surface area (Å²) < 4.78 is 41.7. The average molecular weight is 520 g/mol. The van der Waals surface area contributed by atoms with Crippen LogP contribution in [-0.2, 0) is 6.54 Å². The third-order valence-electron chi connectivity index (χ3n) is 4.09. The number of rotatable bonds is 6. The molecule has 2 aromatic carbocycles. The summed E-state index contributed by atoms with van der Waals surface area (Å²) in [6, 6.07) is 7.76. The molecule has 0 aliphatic heterocycles. The molecule has 33 heavy (non-hydrogen) atoms. The molecule has 0 saturated carbocycles. The Hall–Kier alpha value is -3.02. The van der Waals surface area contributed by atoms with Crippen molar-refractivity contribution < 1.29 is 32.6 Å². The topological polar surface area (TPSA) is 101 Å². The number of amides is 2. The van der Waals surface area contributed by atoms with E-state index in [-0.39, 0.29) is 44.2 Å². The van der Waals surface area contributed by atoms with Gasteiger partial charge >= 0.3 is 6.36 Å². The van der Waals surface area contributed by atoms with E-state index < -0.39 is 23.9 Å². The molecule has 0 aliphatic rings. The molecule has 1 heterocycles. The van der Waals surface area contributed by atoms with Crippen molar-refractivity contribution in [2.45, 2.75) is 19.8 Å². The highest BCUT2D eigenvalue weighted by Crippen LogP contribution is 2.33. The number of phenolic OH excluding ortho intramolecular Hbond substituents is 1. The van der Waals surface area contributed by atoms with E-state index in [2.05, 4.69) is 20.4 Å². The Balaban J connectivity index is 1.76. The van der Waals surface area contributed by atoms with Gasteiger partial charge < -0.3 is 20.5 Å². The number of thiazole rings is 1. The van der Waals surface area contributed by atoms with E-state index in [1.807, 2.05) is 0 Å². The summed E-state index contributed by atoms with van der Waals surface area (Å²) in [5.74, 6) is -2.22. The fourth-order valence-corrected chi connectivity index (χ4v) is 3.97. The van der Waals surface area contributed by atoms with Gasteiger partial charge in [0.15, 0.2) is 11.4 Å². The third kappa shape index (κ3) is 6.28. The van der Waals surface area contributed by atoms with Crippen molar-refractivity contribution in [2.75, 3.05) is 5.32 Å². The number of ether oxygens (including phenoxy) is 1. The summed E-state index contributed by atoms with van der Waals surface area (Å²) in [6.07, 6.45) is -4.89. The summed E-state index contributed by atoms with van der Waals surface area (Å²) >= 11 is 12.7. The Morgan fingerprint density at radius 2 is 1.79 bits per heavy atom. The molecule has 2 amide bonds. The number of nitrogens with one attached hydrogen (secondary N) is 2. The van der Waals surface area contributed by atoms with Crippen molar-refractivity contribution in [1.29, 1.82) is 0 Å². The van der Waals surface area contributed by atoms with Crippen molar-refractivity contribution in [3.8, 4) is 11.5 Å². The number of hydrogen-bond acceptors (Lipinski definition) is 6. The molecule has 1 aromatic heterocycles. The van der Waals surface area contributed by atoms with Crippen LogP contribution in [0.3, 0.4) is 0 Å². The average Bonchev–Trinajstić information content (AvgIpc) is 3.09. The summed E-state index contributed by atoms with van der Waals surface area (Å²) in [6.45, 7) is 1.33. The number of phenols is 1. The van der Waals surface area contributed by atoms with Gasteiger partial charge in [-0.3, -0.25) is 9.59 Å². The summed E-state index contributed by atoms with van der Waals surface area (Å²) in [7, 11) is 0. The second-order valence-electron chi connectivity index (χ2n) is 6.49. The first-order chi connectivity index (χ1) is 15.4. The predicted molar refractivity (Wildman–Crippen MR) is 117 cm³/mol. The fraction of sp³-hybridized carbons (Fsp3) is 0.150. The Morgan fingerprint density at radius 3 is 2.42 bits per heavy atom. The minimum absolute atomic E-state index is 0.0263. The van der Waals surface area contributed by atoms with Crippen molar-refractivity contribution in [1.82, 2.24) is 10.3 Å². The fourth-order valence-electron chi connectivity index (χ4n) is 2.67. The molecule has 0 bridgehead atoms. The SMILES string of the molecule is Cc1nc(C(=O)NCc2ccccc2OC(F)(F)F)c(NC(=O)c2cc(Cl)c(O)c(Cl)c2)s1. The molecule has 174 valence electrons. The Bertz CT molecular complexity index is 1190. The highest BCUT2D eigenvalue weighted by Gasteiger charge is 2.32. The lowest BCUT2D eigenvalue weighted by Crippen LogP contribution is -2.26. The quantitative estimate of drug-likeness (QED) is 0.396. The van der Waals surface area contributed by atoms with E-state index in [9.17, 15) is 27.9 Å². The first kappa shape index (κ1) is 24.6. The van der Waals surface area contributed by atoms with Crippen LogP contribution in [-0.4, -0.2) is 28.3 Å². The van der Waals surface area contributed by atoms with Gasteiger partial charge in [-0.25, -0.2) is 4.98 Å². The van der Waals surface area contributed by atoms with E-state index >= 15 is 0 Å². The zero-order chi connectivity index (χ0) is 24.3. The van der Waals surface area contributed by atoms with E-state index in [1.165, 1.54) is 30.3 Å². The van der Waals surface area contributed by atoms with Gasteiger partial charge in [0.2, 0.25) is 0 Å². The molecular formula is C20H14Cl2F3N3O4S. The number of carbonyl (C=O) groups is 2. The van der Waals surface area contributed by atoms with Gasteiger partial charge in [-0.2, -0.15) is 0 Å². The smallest absolute Gasteiger partial charge is 0.505 e. The number of hydrogen-bond donors (Lipinski definition) is 3. The molecule has 0 saturated heterocycles. The van der Waals surface area contributed by atoms with Crippen LogP contribution < -0.4 is 15.4 Å². The number of benzene rings is 2. The van der Waals surface area contributed by atoms with Gasteiger partial charge in [0.25, 0.3) is 11.8 Å². The Kier molecular flexibility index (Phi) is 7.35. The number of carbonyl (C=O) groups excluding carboxylic acids is 2. The first-order valence-corrected chi connectivity index (χ1v) is 10.6.